The predicted octanol–water partition coefficient (Wildman–Crippen LogP) is 1.21. The molecule has 0 bridgehead atoms. The van der Waals surface area contributed by atoms with Crippen molar-refractivity contribution in [1.29, 1.82) is 0 Å². The van der Waals surface area contributed by atoms with E-state index >= 15 is 0 Å². The summed E-state index contributed by atoms with van der Waals surface area (Å²) in [6, 6.07) is 1.88. The second-order valence-corrected chi connectivity index (χ2v) is 3.60. The molecular weight excluding hydrogens is 208 g/mol. The number of nitrogens with two attached hydrogens (primary N) is 1. The number of pyridine rings is 1. The van der Waals surface area contributed by atoms with Crippen molar-refractivity contribution in [1.82, 2.24) is 14.5 Å². The van der Waals surface area contributed by atoms with Gasteiger partial charge in [0.1, 0.15) is 17.1 Å². The van der Waals surface area contributed by atoms with E-state index in [0.29, 0.717) is 4.99 Å². The third-order valence-corrected chi connectivity index (χ3v) is 2.34. The first-order valence-corrected chi connectivity index (χ1v) is 4.84. The fourth-order valence-electron chi connectivity index (χ4n) is 1.43. The van der Waals surface area contributed by atoms with E-state index in [4.69, 9.17) is 18.0 Å². The summed E-state index contributed by atoms with van der Waals surface area (Å²) in [4.78, 5) is 8.58. The quantitative estimate of drug-likeness (QED) is 0.770. The van der Waals surface area contributed by atoms with Crippen molar-refractivity contribution in [3.8, 4) is 5.82 Å². The fourth-order valence-corrected chi connectivity index (χ4v) is 1.68. The topological polar surface area (TPSA) is 56.7 Å². The van der Waals surface area contributed by atoms with Crippen molar-refractivity contribution >= 4 is 17.2 Å². The number of thiocarbonyl (C=S) groups is 1. The van der Waals surface area contributed by atoms with Crippen LogP contribution in [0.2, 0.25) is 0 Å². The molecule has 0 spiro atoms. The van der Waals surface area contributed by atoms with Crippen LogP contribution >= 0.6 is 12.2 Å². The Morgan fingerprint density at radius 3 is 2.87 bits per heavy atom. The summed E-state index contributed by atoms with van der Waals surface area (Å²) in [5.41, 5.74) is 7.49. The Bertz CT molecular complexity index is 490. The molecule has 4 nitrogen and oxygen atoms in total. The molecule has 0 radical (unpaired) electrons. The van der Waals surface area contributed by atoms with Gasteiger partial charge in [0.05, 0.1) is 5.56 Å². The Hall–Kier alpha value is -1.75. The first-order chi connectivity index (χ1) is 7.20. The lowest BCUT2D eigenvalue weighted by Crippen LogP contribution is -2.16. The second-order valence-electron chi connectivity index (χ2n) is 3.16. The SMILES string of the molecule is Cc1ccnc(-n2ccnc2)c1C(N)=S. The molecule has 0 saturated heterocycles. The Kier molecular flexibility index (Phi) is 2.47. The molecule has 0 fully saturated rings. The van der Waals surface area contributed by atoms with E-state index in [2.05, 4.69) is 9.97 Å². The van der Waals surface area contributed by atoms with Crippen molar-refractivity contribution in [3.63, 3.8) is 0 Å². The van der Waals surface area contributed by atoms with Gasteiger partial charge in [0.2, 0.25) is 0 Å². The molecule has 0 aromatic carbocycles. The highest BCUT2D eigenvalue weighted by molar-refractivity contribution is 7.80. The summed E-state index contributed by atoms with van der Waals surface area (Å²) in [5.74, 6) is 0.722. The number of aryl methyl sites for hydroxylation is 1. The monoisotopic (exact) mass is 218 g/mol. The first-order valence-electron chi connectivity index (χ1n) is 4.44. The Morgan fingerprint density at radius 1 is 1.47 bits per heavy atom. The molecule has 0 amide bonds. The number of hydrogen-bond donors (Lipinski definition) is 1. The van der Waals surface area contributed by atoms with Gasteiger partial charge < -0.3 is 5.73 Å². The second kappa shape index (κ2) is 3.78. The maximum Gasteiger partial charge on any atom is 0.148 e. The van der Waals surface area contributed by atoms with Crippen molar-refractivity contribution in [3.05, 3.63) is 42.1 Å². The number of aromatic nitrogens is 3. The maximum atomic E-state index is 5.68. The first kappa shape index (κ1) is 9.79. The van der Waals surface area contributed by atoms with Gasteiger partial charge in [-0.1, -0.05) is 12.2 Å². The Morgan fingerprint density at radius 2 is 2.27 bits per heavy atom. The molecule has 2 heterocycles. The average Bonchev–Trinajstić information content (AvgIpc) is 2.69. The minimum atomic E-state index is 0.351. The van der Waals surface area contributed by atoms with Crippen molar-refractivity contribution in [2.75, 3.05) is 0 Å². The van der Waals surface area contributed by atoms with Crippen LogP contribution in [-0.4, -0.2) is 19.5 Å². The normalized spacial score (nSPS) is 10.2. The lowest BCUT2D eigenvalue weighted by atomic mass is 10.1. The molecule has 2 aromatic rings. The molecule has 0 aliphatic carbocycles. The molecule has 5 heteroatoms. The fraction of sp³-hybridized carbons (Fsp3) is 0.100. The van der Waals surface area contributed by atoms with E-state index in [-0.39, 0.29) is 0 Å². The van der Waals surface area contributed by atoms with Crippen LogP contribution in [0.25, 0.3) is 5.82 Å². The van der Waals surface area contributed by atoms with E-state index < -0.39 is 0 Å². The zero-order valence-corrected chi connectivity index (χ0v) is 9.03. The summed E-state index contributed by atoms with van der Waals surface area (Å²) in [6.45, 7) is 1.95. The highest BCUT2D eigenvalue weighted by Gasteiger charge is 2.10. The van der Waals surface area contributed by atoms with Gasteiger partial charge in [-0.25, -0.2) is 9.97 Å². The number of imidazole rings is 1. The molecule has 0 aliphatic rings. The molecule has 2 N–H and O–H groups in total. The van der Waals surface area contributed by atoms with Gasteiger partial charge in [0.15, 0.2) is 0 Å². The van der Waals surface area contributed by atoms with Crippen LogP contribution in [0.5, 0.6) is 0 Å². The molecule has 0 atom stereocenters. The summed E-state index contributed by atoms with van der Waals surface area (Å²) < 4.78 is 1.79. The molecular formula is C10H10N4S. The van der Waals surface area contributed by atoms with E-state index in [1.54, 1.807) is 23.3 Å². The maximum absolute atomic E-state index is 5.68. The van der Waals surface area contributed by atoms with Crippen LogP contribution < -0.4 is 5.73 Å². The average molecular weight is 218 g/mol. The molecule has 15 heavy (non-hydrogen) atoms. The van der Waals surface area contributed by atoms with Gasteiger partial charge in [-0.05, 0) is 18.6 Å². The molecule has 0 saturated carbocycles. The number of nitrogens with zero attached hydrogens (tertiary/aromatic N) is 3. The Balaban J connectivity index is 2.66. The van der Waals surface area contributed by atoms with E-state index in [1.807, 2.05) is 19.2 Å². The molecule has 76 valence electrons. The third kappa shape index (κ3) is 1.73. The zero-order chi connectivity index (χ0) is 10.8. The Labute approximate surface area is 92.8 Å². The van der Waals surface area contributed by atoms with Crippen LogP contribution in [-0.2, 0) is 0 Å². The molecule has 0 unspecified atom stereocenters. The van der Waals surface area contributed by atoms with Crippen LogP contribution in [0.1, 0.15) is 11.1 Å². The summed E-state index contributed by atoms with van der Waals surface area (Å²) >= 11 is 5.02. The molecule has 2 rings (SSSR count). The van der Waals surface area contributed by atoms with E-state index in [9.17, 15) is 0 Å². The molecule has 2 aromatic heterocycles. The van der Waals surface area contributed by atoms with Crippen molar-refractivity contribution in [2.45, 2.75) is 6.92 Å². The minimum absolute atomic E-state index is 0.351. The standard InChI is InChI=1S/C10H10N4S/c1-7-2-3-13-10(8(7)9(11)15)14-5-4-12-6-14/h2-6H,1H3,(H2,11,15). The van der Waals surface area contributed by atoms with E-state index in [1.165, 1.54) is 0 Å². The van der Waals surface area contributed by atoms with Gasteiger partial charge >= 0.3 is 0 Å². The highest BCUT2D eigenvalue weighted by Crippen LogP contribution is 2.15. The van der Waals surface area contributed by atoms with Gasteiger partial charge in [-0.2, -0.15) is 0 Å². The predicted molar refractivity (Wildman–Crippen MR) is 62.0 cm³/mol. The zero-order valence-electron chi connectivity index (χ0n) is 8.21. The minimum Gasteiger partial charge on any atom is -0.389 e. The van der Waals surface area contributed by atoms with E-state index in [0.717, 1.165) is 16.9 Å². The van der Waals surface area contributed by atoms with Crippen LogP contribution in [0, 0.1) is 6.92 Å². The summed E-state index contributed by atoms with van der Waals surface area (Å²) in [6.07, 6.45) is 6.90. The van der Waals surface area contributed by atoms with Gasteiger partial charge in [-0.3, -0.25) is 4.57 Å². The van der Waals surface area contributed by atoms with Crippen LogP contribution in [0.3, 0.4) is 0 Å². The van der Waals surface area contributed by atoms with Gasteiger partial charge in [0.25, 0.3) is 0 Å². The lowest BCUT2D eigenvalue weighted by Gasteiger charge is -2.09. The summed E-state index contributed by atoms with van der Waals surface area (Å²) in [5, 5.41) is 0. The lowest BCUT2D eigenvalue weighted by molar-refractivity contribution is 0.983. The summed E-state index contributed by atoms with van der Waals surface area (Å²) in [7, 11) is 0. The number of rotatable bonds is 2. The van der Waals surface area contributed by atoms with Crippen LogP contribution in [0.15, 0.2) is 31.0 Å². The van der Waals surface area contributed by atoms with Crippen molar-refractivity contribution in [2.24, 2.45) is 5.73 Å². The largest absolute Gasteiger partial charge is 0.389 e. The smallest absolute Gasteiger partial charge is 0.148 e. The van der Waals surface area contributed by atoms with Gasteiger partial charge in [-0.15, -0.1) is 0 Å². The molecule has 0 aliphatic heterocycles. The van der Waals surface area contributed by atoms with Crippen LogP contribution in [0.4, 0.5) is 0 Å². The van der Waals surface area contributed by atoms with Gasteiger partial charge in [0, 0.05) is 18.6 Å². The van der Waals surface area contributed by atoms with Crippen molar-refractivity contribution < 1.29 is 0 Å². The highest BCUT2D eigenvalue weighted by atomic mass is 32.1. The third-order valence-electron chi connectivity index (χ3n) is 2.13. The number of hydrogen-bond acceptors (Lipinski definition) is 3.